The van der Waals surface area contributed by atoms with Crippen molar-refractivity contribution in [1.82, 2.24) is 16.0 Å². The fraction of sp³-hybridized carbons (Fsp3) is 0.794. The number of Topliss-reactive ketones (excluding diaryl/α,β-unsaturated/α-hetero) is 1. The van der Waals surface area contributed by atoms with Crippen LogP contribution in [-0.4, -0.2) is 172 Å². The highest BCUT2D eigenvalue weighted by Crippen LogP contribution is 2.69. The minimum absolute atomic E-state index is 0.0736. The van der Waals surface area contributed by atoms with E-state index in [1.165, 1.54) is 24.8 Å². The fourth-order valence-corrected chi connectivity index (χ4v) is 17.2. The van der Waals surface area contributed by atoms with E-state index in [-0.39, 0.29) is 89.6 Å². The molecule has 0 unspecified atom stereocenters. The number of ether oxygens (including phenoxy) is 7. The highest BCUT2D eigenvalue weighted by Gasteiger charge is 2.70. The number of methoxy groups -OCH3 is 1. The van der Waals surface area contributed by atoms with Gasteiger partial charge in [0.2, 0.25) is 5.91 Å². The first-order valence-electron chi connectivity index (χ1n) is 31.4. The first-order valence-corrected chi connectivity index (χ1v) is 32.4. The maximum atomic E-state index is 14.3. The summed E-state index contributed by atoms with van der Waals surface area (Å²) < 4.78 is 41.7. The van der Waals surface area contributed by atoms with E-state index in [2.05, 4.69) is 49.7 Å². The number of hydrogen-bond acceptors (Lipinski definition) is 18. The first kappa shape index (κ1) is 64.6. The van der Waals surface area contributed by atoms with Gasteiger partial charge in [0.25, 0.3) is 0 Å². The van der Waals surface area contributed by atoms with Crippen LogP contribution in [0, 0.1) is 40.4 Å². The Hall–Kier alpha value is -3.90. The van der Waals surface area contributed by atoms with E-state index in [0.717, 1.165) is 82.8 Å². The molecule has 470 valence electrons. The number of rotatable bonds is 26. The van der Waals surface area contributed by atoms with Gasteiger partial charge >= 0.3 is 18.0 Å². The second-order valence-electron chi connectivity index (χ2n) is 26.3. The number of fused-ring (bicyclic) bond motifs is 6. The smallest absolute Gasteiger partial charge is 0.338 e. The Kier molecular flexibility index (Phi) is 21.6. The molecule has 20 nitrogen and oxygen atoms in total. The molecule has 4 aliphatic carbocycles. The maximum Gasteiger partial charge on any atom is 0.338 e. The average molecular weight is 1200 g/mol. The lowest BCUT2D eigenvalue weighted by atomic mass is 9.46. The van der Waals surface area contributed by atoms with Gasteiger partial charge in [-0.3, -0.25) is 14.4 Å². The number of amides is 3. The maximum absolute atomic E-state index is 14.3. The number of hydrogen-bond donors (Lipinski definition) is 8. The van der Waals surface area contributed by atoms with E-state index in [0.29, 0.717) is 56.1 Å². The molecule has 0 radical (unpaired) electrons. The summed E-state index contributed by atoms with van der Waals surface area (Å²) in [6, 6.07) is 6.40. The fourth-order valence-electron chi connectivity index (χ4n) is 15.6. The normalized spacial score (nSPS) is 38.2. The molecule has 8 aliphatic rings. The topological polar surface area (TPSA) is 287 Å². The van der Waals surface area contributed by atoms with Gasteiger partial charge < -0.3 is 74.6 Å². The summed E-state index contributed by atoms with van der Waals surface area (Å²) in [7, 11) is 1.48. The molecule has 8 N–H and O–H groups in total. The average Bonchev–Trinajstić information content (AvgIpc) is 1.64. The third-order valence-electron chi connectivity index (χ3n) is 20.7. The van der Waals surface area contributed by atoms with Crippen molar-refractivity contribution >= 4 is 41.4 Å². The van der Waals surface area contributed by atoms with Crippen molar-refractivity contribution in [2.75, 3.05) is 32.6 Å². The van der Waals surface area contributed by atoms with E-state index in [1.807, 2.05) is 11.8 Å². The van der Waals surface area contributed by atoms with Gasteiger partial charge in [-0.25, -0.2) is 9.59 Å². The number of carbonyl (C=O) groups excluding carboxylic acids is 5. The van der Waals surface area contributed by atoms with Gasteiger partial charge in [-0.2, -0.15) is 11.8 Å². The summed E-state index contributed by atoms with van der Waals surface area (Å²) in [6.07, 6.45) is 2.81. The number of aliphatic hydroxyl groups is 5. The molecule has 4 saturated heterocycles. The van der Waals surface area contributed by atoms with Crippen molar-refractivity contribution in [3.63, 3.8) is 0 Å². The lowest BCUT2D eigenvalue weighted by Gasteiger charge is -2.59. The molecule has 3 saturated carbocycles. The second kappa shape index (κ2) is 28.1. The summed E-state index contributed by atoms with van der Waals surface area (Å²) in [6.45, 7) is 10.2. The van der Waals surface area contributed by atoms with E-state index in [9.17, 15) is 49.5 Å². The minimum Gasteiger partial charge on any atom is -0.497 e. The molecule has 0 spiro atoms. The Bertz CT molecular complexity index is 2470. The Balaban J connectivity index is 0.772. The largest absolute Gasteiger partial charge is 0.497 e. The van der Waals surface area contributed by atoms with Crippen molar-refractivity contribution in [3.8, 4) is 5.75 Å². The van der Waals surface area contributed by atoms with Gasteiger partial charge in [0.15, 0.2) is 18.7 Å². The lowest BCUT2D eigenvalue weighted by Crippen LogP contribution is -2.63. The Morgan fingerprint density at radius 3 is 2.30 bits per heavy atom. The molecule has 21 heteroatoms. The molecule has 84 heavy (non-hydrogen) atoms. The van der Waals surface area contributed by atoms with Crippen LogP contribution in [0.15, 0.2) is 35.9 Å². The molecular formula is C63H95N3O17S. The van der Waals surface area contributed by atoms with Crippen molar-refractivity contribution in [3.05, 3.63) is 41.5 Å². The van der Waals surface area contributed by atoms with Crippen LogP contribution in [0.4, 0.5) is 4.79 Å². The number of carbonyl (C=O) groups is 5. The first-order chi connectivity index (χ1) is 40.1. The number of ketones is 1. The Labute approximate surface area is 499 Å². The Morgan fingerprint density at radius 1 is 0.810 bits per heavy atom. The summed E-state index contributed by atoms with van der Waals surface area (Å²) in [5.41, 5.74) is -1.20. The van der Waals surface area contributed by atoms with E-state index in [4.69, 9.17) is 33.2 Å². The molecular weight excluding hydrogens is 1100 g/mol. The molecule has 0 bridgehead atoms. The minimum atomic E-state index is -1.70. The van der Waals surface area contributed by atoms with Gasteiger partial charge in [-0.1, -0.05) is 72.0 Å². The van der Waals surface area contributed by atoms with E-state index in [1.54, 1.807) is 19.1 Å². The number of thioether (sulfide) groups is 1. The molecule has 1 aromatic rings. The second-order valence-corrected chi connectivity index (χ2v) is 27.6. The predicted octanol–water partition coefficient (Wildman–Crippen LogP) is 6.19. The quantitative estimate of drug-likeness (QED) is 0.0222. The summed E-state index contributed by atoms with van der Waals surface area (Å²) in [5, 5.41) is 68.0. The molecule has 4 heterocycles. The summed E-state index contributed by atoms with van der Waals surface area (Å²) >= 11 is 1.90. The third kappa shape index (κ3) is 14.0. The highest BCUT2D eigenvalue weighted by atomic mass is 32.2. The van der Waals surface area contributed by atoms with Crippen LogP contribution in [0.3, 0.4) is 0 Å². The molecule has 4 aliphatic heterocycles. The zero-order valence-electron chi connectivity index (χ0n) is 50.1. The van der Waals surface area contributed by atoms with Gasteiger partial charge in [0.1, 0.15) is 53.8 Å². The number of allylic oxidation sites excluding steroid dienone is 1. The van der Waals surface area contributed by atoms with Gasteiger partial charge in [-0.05, 0) is 124 Å². The van der Waals surface area contributed by atoms with Gasteiger partial charge in [-0.15, -0.1) is 0 Å². The summed E-state index contributed by atoms with van der Waals surface area (Å²) in [4.78, 5) is 64.9. The molecule has 20 atom stereocenters. The van der Waals surface area contributed by atoms with Crippen LogP contribution in [0.2, 0.25) is 0 Å². The van der Waals surface area contributed by atoms with Crippen LogP contribution in [0.5, 0.6) is 5.75 Å². The number of urea groups is 1. The number of nitrogens with one attached hydrogen (secondary N) is 3. The van der Waals surface area contributed by atoms with Crippen LogP contribution in [-0.2, 0) is 42.8 Å². The molecule has 1 aromatic carbocycles. The van der Waals surface area contributed by atoms with Crippen molar-refractivity contribution < 1.29 is 82.7 Å². The zero-order valence-corrected chi connectivity index (χ0v) is 50.9. The van der Waals surface area contributed by atoms with Crippen LogP contribution in [0.1, 0.15) is 167 Å². The molecule has 7 fully saturated rings. The van der Waals surface area contributed by atoms with Crippen molar-refractivity contribution in [2.45, 2.75) is 241 Å². The van der Waals surface area contributed by atoms with E-state index < -0.39 is 84.8 Å². The summed E-state index contributed by atoms with van der Waals surface area (Å²) in [5.74, 6) is 0.148. The number of unbranched alkanes of at least 4 members (excludes halogenated alkanes) is 5. The monoisotopic (exact) mass is 1200 g/mol. The SMILES string of the molecule is COc1ccc(C(=O)O[C@H]2[C@H](O[C@@H]3[C@@H](O)[C@H](O[C@H]4C[C@H]5[C@@H]6CC=C7C[C@@H](OC(=O)CCCCCCCNC(=O)CCCC[C@@H]8SC[C@@H]9NC(=O)N[C@@H]98)CC[C@]7(C)[C@H]6CC[C@]5(C)[C@@]4(O)[C@H](C)C(=O)CCC(C)C)OC[C@@H]3O)OC[C@@H](O)[C@@H]2O)cc1. The highest BCUT2D eigenvalue weighted by molar-refractivity contribution is 8.00. The molecule has 0 aromatic heterocycles. The van der Waals surface area contributed by atoms with Gasteiger partial charge in [0, 0.05) is 54.6 Å². The predicted molar refractivity (Wildman–Crippen MR) is 310 cm³/mol. The van der Waals surface area contributed by atoms with E-state index >= 15 is 0 Å². The molecule has 3 amide bonds. The van der Waals surface area contributed by atoms with Crippen molar-refractivity contribution in [1.29, 1.82) is 0 Å². The standard InChI is InChI=1S/C63H95N3O17S/c1-35(2)17-24-45(67)36(3)63(76)49(81-58-54(73)55(47(69)33-78-58)83-59-56(53(72)46(68)32-79-59)82-57(74)37-18-21-39(77-6)22-19-37)31-43-41-23-20-38-30-40(25-27-61(38,4)42(41)26-28-62(43,63)5)80-51(71)16-10-8-7-9-13-29-64-50(70)15-12-11-14-48-52-44(34-84-48)65-60(75)66-52/h18-22,35-36,40-44,46-49,52-56,58-59,68-69,72-73,76H,7-17,23-34H2,1-6H3,(H,64,70)(H2,65,66,75)/t36-,40+,41-,42+,43+,44+,46-,47+,48+,49+,52+,53+,54-,55+,56-,58+,59+,61+,62+,63-/m1/s1. The zero-order chi connectivity index (χ0) is 60.1. The third-order valence-corrected chi connectivity index (χ3v) is 22.2. The number of benzene rings is 1. The number of aliphatic hydroxyl groups excluding tert-OH is 4. The Morgan fingerprint density at radius 2 is 1.54 bits per heavy atom. The van der Waals surface area contributed by atoms with Crippen LogP contribution >= 0.6 is 11.8 Å². The number of esters is 2. The van der Waals surface area contributed by atoms with Crippen LogP contribution < -0.4 is 20.7 Å². The van der Waals surface area contributed by atoms with Crippen molar-refractivity contribution in [2.24, 2.45) is 40.4 Å². The van der Waals surface area contributed by atoms with Crippen LogP contribution in [0.25, 0.3) is 0 Å². The lowest BCUT2D eigenvalue weighted by molar-refractivity contribution is -0.344. The van der Waals surface area contributed by atoms with Gasteiger partial charge in [0.05, 0.1) is 44.1 Å². The molecule has 9 rings (SSSR count).